The first-order valence-corrected chi connectivity index (χ1v) is 10.4. The molecule has 1 aliphatic rings. The molecule has 2 N–H and O–H groups in total. The van der Waals surface area contributed by atoms with Crippen molar-refractivity contribution in [3.8, 4) is 0 Å². The molecule has 1 aliphatic heterocycles. The van der Waals surface area contributed by atoms with E-state index in [0.717, 1.165) is 11.3 Å². The quantitative estimate of drug-likeness (QED) is 0.531. The third-order valence-electron chi connectivity index (χ3n) is 4.78. The van der Waals surface area contributed by atoms with E-state index < -0.39 is 0 Å². The average Bonchev–Trinajstić information content (AvgIpc) is 2.97. The summed E-state index contributed by atoms with van der Waals surface area (Å²) in [7, 11) is 1.86. The first kappa shape index (κ1) is 21.7. The lowest BCUT2D eigenvalue weighted by Crippen LogP contribution is -2.37. The molecule has 2 heterocycles. The molecule has 9 heteroatoms. The van der Waals surface area contributed by atoms with Crippen molar-refractivity contribution >= 4 is 34.8 Å². The maximum Gasteiger partial charge on any atom is 0.191 e. The minimum Gasteiger partial charge on any atom is -0.378 e. The second-order valence-electron chi connectivity index (χ2n) is 6.77. The van der Waals surface area contributed by atoms with Crippen LogP contribution in [0.3, 0.4) is 0 Å². The lowest BCUT2D eigenvalue weighted by molar-refractivity contribution is 0.122. The zero-order valence-electron chi connectivity index (χ0n) is 16.6. The number of hydrogen-bond acceptors (Lipinski definition) is 3. The predicted molar refractivity (Wildman–Crippen MR) is 117 cm³/mol. The Kier molecular flexibility index (Phi) is 7.64. The third-order valence-corrected chi connectivity index (χ3v) is 5.62. The fourth-order valence-corrected chi connectivity index (χ4v) is 3.57. The highest BCUT2D eigenvalue weighted by molar-refractivity contribution is 6.41. The van der Waals surface area contributed by atoms with Crippen LogP contribution in [-0.4, -0.2) is 43.4 Å². The standard InChI is InChI=1S/C20H26Cl2FN5O/c1-3-24-20(26-13-15-11-16(21)19(22)27(15)2)25-12-14-4-5-18(17(23)10-14)28-6-8-29-9-7-28/h4-5,10-11H,3,6-9,12-13H2,1-2H3,(H2,24,25,26). The SMILES string of the molecule is CCNC(=NCc1ccc(N2CCOCC2)c(F)c1)NCc1cc(Cl)c(Cl)n1C. The van der Waals surface area contributed by atoms with Gasteiger partial charge in [0.1, 0.15) is 11.0 Å². The number of morpholine rings is 1. The summed E-state index contributed by atoms with van der Waals surface area (Å²) in [5.74, 6) is 0.407. The number of halogens is 3. The first-order chi connectivity index (χ1) is 14.0. The number of rotatable bonds is 6. The van der Waals surface area contributed by atoms with E-state index in [1.165, 1.54) is 0 Å². The van der Waals surface area contributed by atoms with Gasteiger partial charge in [-0.1, -0.05) is 29.3 Å². The minimum absolute atomic E-state index is 0.231. The topological polar surface area (TPSA) is 53.8 Å². The number of hydrogen-bond donors (Lipinski definition) is 2. The molecule has 29 heavy (non-hydrogen) atoms. The molecule has 0 radical (unpaired) electrons. The highest BCUT2D eigenvalue weighted by Gasteiger charge is 2.15. The molecule has 1 saturated heterocycles. The van der Waals surface area contributed by atoms with Crippen LogP contribution in [0.1, 0.15) is 18.2 Å². The summed E-state index contributed by atoms with van der Waals surface area (Å²) in [5.41, 5.74) is 2.36. The number of aromatic nitrogens is 1. The number of anilines is 1. The van der Waals surface area contributed by atoms with Crippen LogP contribution in [0, 0.1) is 5.82 Å². The van der Waals surface area contributed by atoms with Gasteiger partial charge in [-0.2, -0.15) is 0 Å². The van der Waals surface area contributed by atoms with E-state index in [4.69, 9.17) is 27.9 Å². The van der Waals surface area contributed by atoms with Crippen LogP contribution in [0.5, 0.6) is 0 Å². The predicted octanol–water partition coefficient (Wildman–Crippen LogP) is 3.56. The van der Waals surface area contributed by atoms with Crippen LogP contribution in [0.4, 0.5) is 10.1 Å². The third kappa shape index (κ3) is 5.56. The van der Waals surface area contributed by atoms with E-state index in [9.17, 15) is 4.39 Å². The van der Waals surface area contributed by atoms with E-state index in [2.05, 4.69) is 15.6 Å². The average molecular weight is 442 g/mol. The summed E-state index contributed by atoms with van der Waals surface area (Å²) in [6.45, 7) is 6.24. The molecule has 6 nitrogen and oxygen atoms in total. The Morgan fingerprint density at radius 1 is 1.21 bits per heavy atom. The molecular formula is C20H26Cl2FN5O. The van der Waals surface area contributed by atoms with E-state index >= 15 is 0 Å². The zero-order valence-corrected chi connectivity index (χ0v) is 18.2. The molecule has 158 valence electrons. The van der Waals surface area contributed by atoms with Crippen LogP contribution in [0.15, 0.2) is 29.3 Å². The molecular weight excluding hydrogens is 416 g/mol. The van der Waals surface area contributed by atoms with E-state index in [-0.39, 0.29) is 5.82 Å². The largest absolute Gasteiger partial charge is 0.378 e. The van der Waals surface area contributed by atoms with Crippen LogP contribution in [-0.2, 0) is 24.9 Å². The van der Waals surface area contributed by atoms with Gasteiger partial charge in [0.05, 0.1) is 37.0 Å². The highest BCUT2D eigenvalue weighted by Crippen LogP contribution is 2.25. The summed E-state index contributed by atoms with van der Waals surface area (Å²) in [6, 6.07) is 7.10. The monoisotopic (exact) mass is 441 g/mol. The van der Waals surface area contributed by atoms with Crippen LogP contribution in [0.25, 0.3) is 0 Å². The fraction of sp³-hybridized carbons (Fsp3) is 0.450. The van der Waals surface area contributed by atoms with E-state index in [1.54, 1.807) is 6.07 Å². The Balaban J connectivity index is 1.64. The van der Waals surface area contributed by atoms with Gasteiger partial charge in [0.15, 0.2) is 5.96 Å². The lowest BCUT2D eigenvalue weighted by atomic mass is 10.1. The number of benzene rings is 1. The van der Waals surface area contributed by atoms with Crippen molar-refractivity contribution in [3.63, 3.8) is 0 Å². The number of aliphatic imine (C=N–C) groups is 1. The van der Waals surface area contributed by atoms with Crippen molar-refractivity contribution in [1.29, 1.82) is 0 Å². The zero-order chi connectivity index (χ0) is 20.8. The lowest BCUT2D eigenvalue weighted by Gasteiger charge is -2.29. The van der Waals surface area contributed by atoms with Crippen LogP contribution < -0.4 is 15.5 Å². The van der Waals surface area contributed by atoms with Crippen molar-refractivity contribution in [2.75, 3.05) is 37.7 Å². The van der Waals surface area contributed by atoms with Gasteiger partial charge < -0.3 is 24.8 Å². The van der Waals surface area contributed by atoms with Crippen molar-refractivity contribution in [2.24, 2.45) is 12.0 Å². The Bertz CT molecular complexity index is 865. The molecule has 0 aliphatic carbocycles. The summed E-state index contributed by atoms with van der Waals surface area (Å²) in [4.78, 5) is 6.57. The van der Waals surface area contributed by atoms with Crippen molar-refractivity contribution in [2.45, 2.75) is 20.0 Å². The molecule has 0 unspecified atom stereocenters. The smallest absolute Gasteiger partial charge is 0.191 e. The molecule has 1 aromatic carbocycles. The van der Waals surface area contributed by atoms with E-state index in [1.807, 2.05) is 41.6 Å². The Hall–Kier alpha value is -1.96. The minimum atomic E-state index is -0.231. The molecule has 0 saturated carbocycles. The summed E-state index contributed by atoms with van der Waals surface area (Å²) < 4.78 is 21.7. The van der Waals surface area contributed by atoms with Crippen molar-refractivity contribution in [3.05, 3.63) is 51.5 Å². The van der Waals surface area contributed by atoms with Gasteiger partial charge in [0.2, 0.25) is 0 Å². The Labute approximate surface area is 180 Å². The first-order valence-electron chi connectivity index (χ1n) is 9.62. The second kappa shape index (κ2) is 10.2. The maximum atomic E-state index is 14.6. The normalized spacial score (nSPS) is 14.9. The molecule has 2 aromatic rings. The van der Waals surface area contributed by atoms with Gasteiger partial charge in [-0.15, -0.1) is 0 Å². The fourth-order valence-electron chi connectivity index (χ4n) is 3.15. The Morgan fingerprint density at radius 3 is 2.59 bits per heavy atom. The van der Waals surface area contributed by atoms with Gasteiger partial charge in [0.25, 0.3) is 0 Å². The molecule has 1 fully saturated rings. The van der Waals surface area contributed by atoms with Gasteiger partial charge in [0, 0.05) is 32.4 Å². The molecule has 0 bridgehead atoms. The molecule has 3 rings (SSSR count). The molecule has 1 aromatic heterocycles. The highest BCUT2D eigenvalue weighted by atomic mass is 35.5. The van der Waals surface area contributed by atoms with E-state index in [0.29, 0.717) is 67.8 Å². The summed E-state index contributed by atoms with van der Waals surface area (Å²) in [6.07, 6.45) is 0. The van der Waals surface area contributed by atoms with Crippen LogP contribution >= 0.6 is 23.2 Å². The number of ether oxygens (including phenoxy) is 1. The van der Waals surface area contributed by atoms with Crippen molar-refractivity contribution in [1.82, 2.24) is 15.2 Å². The number of guanidine groups is 1. The van der Waals surface area contributed by atoms with Gasteiger partial charge in [-0.3, -0.25) is 0 Å². The van der Waals surface area contributed by atoms with Gasteiger partial charge in [-0.05, 0) is 30.7 Å². The summed E-state index contributed by atoms with van der Waals surface area (Å²) in [5, 5.41) is 7.46. The molecule has 0 atom stereocenters. The Morgan fingerprint density at radius 2 is 1.97 bits per heavy atom. The molecule has 0 amide bonds. The maximum absolute atomic E-state index is 14.6. The van der Waals surface area contributed by atoms with Gasteiger partial charge >= 0.3 is 0 Å². The van der Waals surface area contributed by atoms with Crippen LogP contribution in [0.2, 0.25) is 10.2 Å². The molecule has 0 spiro atoms. The summed E-state index contributed by atoms with van der Waals surface area (Å²) >= 11 is 12.2. The van der Waals surface area contributed by atoms with Crippen molar-refractivity contribution < 1.29 is 9.13 Å². The number of nitrogens with one attached hydrogen (secondary N) is 2. The second-order valence-corrected chi connectivity index (χ2v) is 7.53. The van der Waals surface area contributed by atoms with Gasteiger partial charge in [-0.25, -0.2) is 9.38 Å². The number of nitrogens with zero attached hydrogens (tertiary/aromatic N) is 3.